The van der Waals surface area contributed by atoms with Crippen molar-refractivity contribution in [2.75, 3.05) is 6.61 Å². The molecule has 5 atom stereocenters. The lowest BCUT2D eigenvalue weighted by molar-refractivity contribution is -0.228. The summed E-state index contributed by atoms with van der Waals surface area (Å²) in [5.74, 6) is 0. The quantitative estimate of drug-likeness (QED) is 0.442. The van der Waals surface area contributed by atoms with Gasteiger partial charge in [-0.3, -0.25) is 4.79 Å². The molecule has 1 aromatic carbocycles. The Labute approximate surface area is 168 Å². The van der Waals surface area contributed by atoms with Crippen molar-refractivity contribution in [1.82, 2.24) is 4.98 Å². The van der Waals surface area contributed by atoms with Gasteiger partial charge in [-0.05, 0) is 23.8 Å². The molecule has 0 aliphatic carbocycles. The lowest BCUT2D eigenvalue weighted by atomic mass is 9.92. The number of nitrogens with zero attached hydrogens (tertiary/aromatic N) is 1. The SMILES string of the molecule is N#Cc1c(-c2ccc(Br)cc2)cc(C[C@@H]2O[C@H](CO)[C@@H](O)[C@H](O)[C@H]2O)[nH]c1=O. The molecule has 28 heavy (non-hydrogen) atoms. The summed E-state index contributed by atoms with van der Waals surface area (Å²) >= 11 is 3.34. The highest BCUT2D eigenvalue weighted by Gasteiger charge is 2.43. The van der Waals surface area contributed by atoms with Gasteiger partial charge in [-0.1, -0.05) is 28.1 Å². The number of pyridine rings is 1. The maximum atomic E-state index is 12.4. The highest BCUT2D eigenvalue weighted by Crippen LogP contribution is 2.27. The molecule has 9 heteroatoms. The van der Waals surface area contributed by atoms with Crippen LogP contribution in [0.4, 0.5) is 0 Å². The van der Waals surface area contributed by atoms with Gasteiger partial charge in [0.15, 0.2) is 0 Å². The summed E-state index contributed by atoms with van der Waals surface area (Å²) < 4.78 is 6.34. The molecule has 148 valence electrons. The molecule has 1 aromatic heterocycles. The van der Waals surface area contributed by atoms with Crippen molar-refractivity contribution in [2.24, 2.45) is 0 Å². The second-order valence-electron chi connectivity index (χ2n) is 6.60. The Bertz CT molecular complexity index is 937. The molecule has 0 saturated carbocycles. The Morgan fingerprint density at radius 3 is 2.36 bits per heavy atom. The van der Waals surface area contributed by atoms with Gasteiger partial charge in [0, 0.05) is 22.2 Å². The number of aromatic amines is 1. The third kappa shape index (κ3) is 4.03. The van der Waals surface area contributed by atoms with Crippen LogP contribution in [0.25, 0.3) is 11.1 Å². The van der Waals surface area contributed by atoms with Crippen LogP contribution >= 0.6 is 15.9 Å². The van der Waals surface area contributed by atoms with E-state index in [1.807, 2.05) is 6.07 Å². The first-order valence-electron chi connectivity index (χ1n) is 8.58. The third-order valence-electron chi connectivity index (χ3n) is 4.77. The van der Waals surface area contributed by atoms with Crippen molar-refractivity contribution in [3.8, 4) is 17.2 Å². The van der Waals surface area contributed by atoms with Crippen molar-refractivity contribution in [3.05, 3.63) is 56.4 Å². The summed E-state index contributed by atoms with van der Waals surface area (Å²) in [7, 11) is 0. The Morgan fingerprint density at radius 2 is 1.75 bits per heavy atom. The zero-order valence-corrected chi connectivity index (χ0v) is 16.2. The molecule has 1 saturated heterocycles. The van der Waals surface area contributed by atoms with E-state index in [-0.39, 0.29) is 12.0 Å². The Hall–Kier alpha value is -2.06. The number of nitriles is 1. The van der Waals surface area contributed by atoms with E-state index in [0.29, 0.717) is 16.8 Å². The Balaban J connectivity index is 1.96. The molecule has 2 aromatic rings. The van der Waals surface area contributed by atoms with Crippen LogP contribution in [0.5, 0.6) is 0 Å². The maximum absolute atomic E-state index is 12.4. The second-order valence-corrected chi connectivity index (χ2v) is 7.52. The number of H-pyrrole nitrogens is 1. The van der Waals surface area contributed by atoms with Gasteiger partial charge >= 0.3 is 0 Å². The molecule has 2 heterocycles. The minimum atomic E-state index is -1.49. The number of hydrogen-bond acceptors (Lipinski definition) is 7. The highest BCUT2D eigenvalue weighted by molar-refractivity contribution is 9.10. The standard InChI is InChI=1S/C19H19BrN2O6/c20-10-3-1-9(2-4-10)12-5-11(22-19(27)13(12)7-21)6-14-16(24)18(26)17(25)15(8-23)28-14/h1-5,14-18,23-26H,6,8H2,(H,22,27)/t14-,15+,16-,17+,18+/m0/s1. The molecule has 1 aliphatic heterocycles. The molecule has 0 spiro atoms. The van der Waals surface area contributed by atoms with Gasteiger partial charge in [0.1, 0.15) is 36.0 Å². The molecular formula is C19H19BrN2O6. The normalized spacial score (nSPS) is 27.4. The van der Waals surface area contributed by atoms with Gasteiger partial charge in [-0.25, -0.2) is 0 Å². The average molecular weight is 451 g/mol. The van der Waals surface area contributed by atoms with Crippen LogP contribution in [0.2, 0.25) is 0 Å². The lowest BCUT2D eigenvalue weighted by Crippen LogP contribution is -2.59. The van der Waals surface area contributed by atoms with Crippen LogP contribution in [-0.4, -0.2) is 62.5 Å². The van der Waals surface area contributed by atoms with Crippen molar-refractivity contribution < 1.29 is 25.2 Å². The molecule has 0 unspecified atom stereocenters. The summed E-state index contributed by atoms with van der Waals surface area (Å²) in [5, 5.41) is 48.7. The monoisotopic (exact) mass is 450 g/mol. The average Bonchev–Trinajstić information content (AvgIpc) is 2.68. The summed E-state index contributed by atoms with van der Waals surface area (Å²) in [6.45, 7) is -0.532. The van der Waals surface area contributed by atoms with Gasteiger partial charge in [-0.2, -0.15) is 5.26 Å². The van der Waals surface area contributed by atoms with E-state index in [9.17, 15) is 30.5 Å². The van der Waals surface area contributed by atoms with Crippen LogP contribution < -0.4 is 5.56 Å². The summed E-state index contributed by atoms with van der Waals surface area (Å²) in [6.07, 6.45) is -6.34. The largest absolute Gasteiger partial charge is 0.394 e. The first-order valence-corrected chi connectivity index (χ1v) is 9.37. The van der Waals surface area contributed by atoms with Crippen molar-refractivity contribution in [3.63, 3.8) is 0 Å². The first kappa shape index (κ1) is 20.7. The number of rotatable bonds is 4. The highest BCUT2D eigenvalue weighted by atomic mass is 79.9. The molecule has 1 aliphatic rings. The van der Waals surface area contributed by atoms with Crippen LogP contribution in [0.3, 0.4) is 0 Å². The number of aromatic nitrogens is 1. The lowest BCUT2D eigenvalue weighted by Gasteiger charge is -2.40. The fourth-order valence-electron chi connectivity index (χ4n) is 3.26. The minimum Gasteiger partial charge on any atom is -0.394 e. The number of halogens is 1. The van der Waals surface area contributed by atoms with E-state index < -0.39 is 42.7 Å². The number of aliphatic hydroxyl groups is 4. The number of aliphatic hydroxyl groups excluding tert-OH is 4. The first-order chi connectivity index (χ1) is 13.3. The number of hydrogen-bond donors (Lipinski definition) is 5. The third-order valence-corrected chi connectivity index (χ3v) is 5.30. The topological polar surface area (TPSA) is 147 Å². The summed E-state index contributed by atoms with van der Waals surface area (Å²) in [5.41, 5.74) is 0.855. The molecule has 1 fully saturated rings. The van der Waals surface area contributed by atoms with Crippen molar-refractivity contribution in [2.45, 2.75) is 36.9 Å². The maximum Gasteiger partial charge on any atom is 0.266 e. The predicted molar refractivity (Wildman–Crippen MR) is 102 cm³/mol. The molecule has 5 N–H and O–H groups in total. The zero-order chi connectivity index (χ0) is 20.4. The number of ether oxygens (including phenoxy) is 1. The predicted octanol–water partition coefficient (Wildman–Crippen LogP) is 0.0610. The molecule has 0 radical (unpaired) electrons. The van der Waals surface area contributed by atoms with Gasteiger partial charge in [0.2, 0.25) is 0 Å². The van der Waals surface area contributed by atoms with E-state index in [4.69, 9.17) is 4.74 Å². The molecule has 0 amide bonds. The van der Waals surface area contributed by atoms with E-state index in [1.54, 1.807) is 30.3 Å². The van der Waals surface area contributed by atoms with Crippen LogP contribution in [0.15, 0.2) is 39.6 Å². The van der Waals surface area contributed by atoms with Gasteiger partial charge < -0.3 is 30.1 Å². The minimum absolute atomic E-state index is 0.00588. The van der Waals surface area contributed by atoms with Crippen molar-refractivity contribution in [1.29, 1.82) is 5.26 Å². The smallest absolute Gasteiger partial charge is 0.266 e. The van der Waals surface area contributed by atoms with Gasteiger partial charge in [0.05, 0.1) is 12.7 Å². The van der Waals surface area contributed by atoms with Crippen LogP contribution in [-0.2, 0) is 11.2 Å². The number of nitrogens with one attached hydrogen (secondary N) is 1. The molecule has 8 nitrogen and oxygen atoms in total. The molecule has 3 rings (SSSR count). The zero-order valence-electron chi connectivity index (χ0n) is 14.6. The Morgan fingerprint density at radius 1 is 1.11 bits per heavy atom. The van der Waals surface area contributed by atoms with E-state index in [2.05, 4.69) is 20.9 Å². The van der Waals surface area contributed by atoms with Gasteiger partial charge in [-0.15, -0.1) is 0 Å². The van der Waals surface area contributed by atoms with E-state index in [0.717, 1.165) is 4.47 Å². The van der Waals surface area contributed by atoms with Crippen LogP contribution in [0, 0.1) is 11.3 Å². The van der Waals surface area contributed by atoms with E-state index in [1.165, 1.54) is 0 Å². The number of benzene rings is 1. The molecule has 0 bridgehead atoms. The van der Waals surface area contributed by atoms with E-state index >= 15 is 0 Å². The fraction of sp³-hybridized carbons (Fsp3) is 0.368. The fourth-order valence-corrected chi connectivity index (χ4v) is 3.52. The van der Waals surface area contributed by atoms with Crippen molar-refractivity contribution >= 4 is 15.9 Å². The van der Waals surface area contributed by atoms with Gasteiger partial charge in [0.25, 0.3) is 5.56 Å². The van der Waals surface area contributed by atoms with Crippen LogP contribution in [0.1, 0.15) is 11.3 Å². The summed E-state index contributed by atoms with van der Waals surface area (Å²) in [6, 6.07) is 10.6. The Kier molecular flexibility index (Phi) is 6.30. The summed E-state index contributed by atoms with van der Waals surface area (Å²) in [4.78, 5) is 15.0. The molecular weight excluding hydrogens is 432 g/mol. The second kappa shape index (κ2) is 8.53.